The maximum Gasteiger partial charge on any atom is 0.408 e. The molecule has 1 amide bonds. The van der Waals surface area contributed by atoms with Gasteiger partial charge in [-0.05, 0) is 39.3 Å². The summed E-state index contributed by atoms with van der Waals surface area (Å²) in [5.41, 5.74) is -0.599. The molecule has 1 atom stereocenters. The maximum absolute atomic E-state index is 12.3. The lowest BCUT2D eigenvalue weighted by molar-refractivity contribution is -0.126. The summed E-state index contributed by atoms with van der Waals surface area (Å²) >= 11 is 0. The number of Topliss-reactive ketones (excluding diaryl/α,β-unsaturated/α-hetero) is 1. The number of carbonyl (C=O) groups excluding carboxylic acids is 2. The van der Waals surface area contributed by atoms with Crippen molar-refractivity contribution in [3.05, 3.63) is 24.2 Å². The number of nitrogens with one attached hydrogen (secondary N) is 1. The van der Waals surface area contributed by atoms with E-state index in [0.29, 0.717) is 12.2 Å². The molecule has 23 heavy (non-hydrogen) atoms. The molecule has 6 nitrogen and oxygen atoms in total. The predicted molar refractivity (Wildman–Crippen MR) is 86.1 cm³/mol. The molecule has 130 valence electrons. The highest BCUT2D eigenvalue weighted by Gasteiger charge is 2.23. The lowest BCUT2D eigenvalue weighted by Gasteiger charge is -2.23. The minimum Gasteiger partial charge on any atom is -0.467 e. The van der Waals surface area contributed by atoms with Crippen molar-refractivity contribution in [3.8, 4) is 0 Å². The van der Waals surface area contributed by atoms with Gasteiger partial charge in [0.05, 0.1) is 12.3 Å². The average molecular weight is 325 g/mol. The molecule has 0 fully saturated rings. The standard InChI is InChI=1S/C17H27NO5/c1-5-6-9-14(18-16(20)23-17(2,3)4)15(19)12-21-11-13-8-7-10-22-13/h7-8,10,14H,5-6,9,11-12H2,1-4H3,(H,18,20)/t14-/m0/s1. The number of unbranched alkanes of at least 4 members (excludes halogenated alkanes) is 1. The third kappa shape index (κ3) is 8.40. The van der Waals surface area contributed by atoms with Crippen LogP contribution in [0.25, 0.3) is 0 Å². The number of amides is 1. The number of carbonyl (C=O) groups is 2. The van der Waals surface area contributed by atoms with Gasteiger partial charge >= 0.3 is 6.09 Å². The number of alkyl carbamates (subject to hydrolysis) is 1. The molecule has 0 saturated heterocycles. The third-order valence-corrected chi connectivity index (χ3v) is 2.99. The van der Waals surface area contributed by atoms with E-state index in [2.05, 4.69) is 5.32 Å². The van der Waals surface area contributed by atoms with Crippen LogP contribution in [0.1, 0.15) is 52.7 Å². The molecule has 6 heteroatoms. The number of furan rings is 1. The van der Waals surface area contributed by atoms with E-state index in [1.165, 1.54) is 0 Å². The van der Waals surface area contributed by atoms with Gasteiger partial charge < -0.3 is 19.2 Å². The summed E-state index contributed by atoms with van der Waals surface area (Å²) < 4.78 is 15.7. The molecule has 0 aliphatic carbocycles. The molecule has 1 aromatic heterocycles. The first-order valence-corrected chi connectivity index (χ1v) is 7.94. The number of ether oxygens (including phenoxy) is 2. The Balaban J connectivity index is 2.47. The van der Waals surface area contributed by atoms with Crippen LogP contribution >= 0.6 is 0 Å². The van der Waals surface area contributed by atoms with Gasteiger partial charge in [0, 0.05) is 0 Å². The summed E-state index contributed by atoms with van der Waals surface area (Å²) in [5, 5.41) is 2.64. The van der Waals surface area contributed by atoms with Crippen LogP contribution in [0.3, 0.4) is 0 Å². The van der Waals surface area contributed by atoms with E-state index in [-0.39, 0.29) is 19.0 Å². The van der Waals surface area contributed by atoms with Crippen LogP contribution in [0.15, 0.2) is 22.8 Å². The van der Waals surface area contributed by atoms with Crippen LogP contribution in [0.2, 0.25) is 0 Å². The van der Waals surface area contributed by atoms with Gasteiger partial charge in [0.15, 0.2) is 5.78 Å². The molecule has 0 aromatic carbocycles. The fraction of sp³-hybridized carbons (Fsp3) is 0.647. The van der Waals surface area contributed by atoms with E-state index >= 15 is 0 Å². The average Bonchev–Trinajstić information content (AvgIpc) is 2.94. The van der Waals surface area contributed by atoms with Crippen LogP contribution < -0.4 is 5.32 Å². The van der Waals surface area contributed by atoms with Crippen molar-refractivity contribution >= 4 is 11.9 Å². The van der Waals surface area contributed by atoms with E-state index in [9.17, 15) is 9.59 Å². The maximum atomic E-state index is 12.3. The van der Waals surface area contributed by atoms with Crippen LogP contribution in [0, 0.1) is 0 Å². The summed E-state index contributed by atoms with van der Waals surface area (Å²) in [5.74, 6) is 0.485. The Bertz CT molecular complexity index is 476. The van der Waals surface area contributed by atoms with Crippen molar-refractivity contribution in [2.24, 2.45) is 0 Å². The van der Waals surface area contributed by atoms with E-state index in [1.54, 1.807) is 39.2 Å². The van der Waals surface area contributed by atoms with E-state index in [1.807, 2.05) is 6.92 Å². The van der Waals surface area contributed by atoms with Crippen molar-refractivity contribution in [1.82, 2.24) is 5.32 Å². The van der Waals surface area contributed by atoms with Gasteiger partial charge in [-0.2, -0.15) is 0 Å². The Kier molecular flexibility index (Phi) is 7.81. The van der Waals surface area contributed by atoms with Gasteiger partial charge in [-0.25, -0.2) is 4.79 Å². The Labute approximate surface area is 137 Å². The van der Waals surface area contributed by atoms with Crippen LogP contribution in [-0.2, 0) is 20.9 Å². The Morgan fingerprint density at radius 2 is 2.09 bits per heavy atom. The van der Waals surface area contributed by atoms with Crippen molar-refractivity contribution in [2.75, 3.05) is 6.61 Å². The van der Waals surface area contributed by atoms with Crippen molar-refractivity contribution < 1.29 is 23.5 Å². The molecule has 0 saturated carbocycles. The molecule has 0 spiro atoms. The number of hydrogen-bond acceptors (Lipinski definition) is 5. The quantitative estimate of drug-likeness (QED) is 0.752. The summed E-state index contributed by atoms with van der Waals surface area (Å²) in [4.78, 5) is 24.1. The number of rotatable bonds is 9. The second-order valence-electron chi connectivity index (χ2n) is 6.38. The monoisotopic (exact) mass is 325 g/mol. The minimum atomic E-state index is -0.599. The largest absolute Gasteiger partial charge is 0.467 e. The molecule has 1 rings (SSSR count). The Morgan fingerprint density at radius 1 is 1.35 bits per heavy atom. The second-order valence-corrected chi connectivity index (χ2v) is 6.38. The molecule has 0 radical (unpaired) electrons. The van der Waals surface area contributed by atoms with Gasteiger partial charge in [0.1, 0.15) is 24.6 Å². The van der Waals surface area contributed by atoms with Crippen LogP contribution in [0.5, 0.6) is 0 Å². The van der Waals surface area contributed by atoms with E-state index in [4.69, 9.17) is 13.9 Å². The highest BCUT2D eigenvalue weighted by Crippen LogP contribution is 2.09. The molecule has 1 heterocycles. The lowest BCUT2D eigenvalue weighted by Crippen LogP contribution is -2.44. The Morgan fingerprint density at radius 3 is 2.65 bits per heavy atom. The Hall–Kier alpha value is -1.82. The summed E-state index contributed by atoms with van der Waals surface area (Å²) in [6.45, 7) is 7.52. The highest BCUT2D eigenvalue weighted by atomic mass is 16.6. The fourth-order valence-electron chi connectivity index (χ4n) is 1.92. The van der Waals surface area contributed by atoms with Gasteiger partial charge in [-0.15, -0.1) is 0 Å². The molecule has 1 aromatic rings. The normalized spacial score (nSPS) is 12.7. The van der Waals surface area contributed by atoms with Gasteiger partial charge in [-0.3, -0.25) is 4.79 Å². The topological polar surface area (TPSA) is 77.8 Å². The van der Waals surface area contributed by atoms with Crippen LogP contribution in [-0.4, -0.2) is 30.1 Å². The van der Waals surface area contributed by atoms with E-state index < -0.39 is 17.7 Å². The van der Waals surface area contributed by atoms with Gasteiger partial charge in [0.2, 0.25) is 0 Å². The SMILES string of the molecule is CCCC[C@H](NC(=O)OC(C)(C)C)C(=O)COCc1ccco1. The van der Waals surface area contributed by atoms with E-state index in [0.717, 1.165) is 12.8 Å². The van der Waals surface area contributed by atoms with Crippen molar-refractivity contribution in [3.63, 3.8) is 0 Å². The molecule has 0 unspecified atom stereocenters. The lowest BCUT2D eigenvalue weighted by atomic mass is 10.1. The number of hydrogen-bond donors (Lipinski definition) is 1. The summed E-state index contributed by atoms with van der Waals surface area (Å²) in [7, 11) is 0. The smallest absolute Gasteiger partial charge is 0.408 e. The fourth-order valence-corrected chi connectivity index (χ4v) is 1.92. The molecule has 0 aliphatic heterocycles. The zero-order valence-corrected chi connectivity index (χ0v) is 14.4. The van der Waals surface area contributed by atoms with Crippen molar-refractivity contribution in [1.29, 1.82) is 0 Å². The third-order valence-electron chi connectivity index (χ3n) is 2.99. The molecule has 0 aliphatic rings. The first-order valence-electron chi connectivity index (χ1n) is 7.94. The predicted octanol–water partition coefficient (Wildman–Crippen LogP) is 3.45. The van der Waals surface area contributed by atoms with Crippen molar-refractivity contribution in [2.45, 2.75) is 65.2 Å². The molecular formula is C17H27NO5. The van der Waals surface area contributed by atoms with Gasteiger partial charge in [-0.1, -0.05) is 19.8 Å². The molecular weight excluding hydrogens is 298 g/mol. The first-order chi connectivity index (χ1) is 10.8. The minimum absolute atomic E-state index is 0.0785. The zero-order chi connectivity index (χ0) is 17.3. The molecule has 0 bridgehead atoms. The summed E-state index contributed by atoms with van der Waals surface area (Å²) in [6, 6.07) is 2.94. The summed E-state index contributed by atoms with van der Waals surface area (Å²) in [6.07, 6.45) is 3.31. The second kappa shape index (κ2) is 9.35. The van der Waals surface area contributed by atoms with Gasteiger partial charge in [0.25, 0.3) is 0 Å². The molecule has 1 N–H and O–H groups in total. The van der Waals surface area contributed by atoms with Crippen LogP contribution in [0.4, 0.5) is 4.79 Å². The highest BCUT2D eigenvalue weighted by molar-refractivity contribution is 5.88. The first kappa shape index (κ1) is 19.2. The number of ketones is 1. The zero-order valence-electron chi connectivity index (χ0n) is 14.4.